The maximum atomic E-state index is 12.3. The number of carbonyl (C=O) groups excluding carboxylic acids is 1. The number of ketones is 1. The molecule has 0 saturated carbocycles. The highest BCUT2D eigenvalue weighted by Gasteiger charge is 2.10. The lowest BCUT2D eigenvalue weighted by Crippen LogP contribution is -2.13. The van der Waals surface area contributed by atoms with E-state index in [-0.39, 0.29) is 12.3 Å². The minimum atomic E-state index is -2.46. The number of Topliss-reactive ketones (excluding diaryl/α,β-unsaturated/α-hetero) is 1. The molecule has 118 valence electrons. The van der Waals surface area contributed by atoms with Crippen LogP contribution in [0.15, 0.2) is 53.4 Å². The third-order valence-corrected chi connectivity index (χ3v) is 4.81. The average Bonchev–Trinajstić information content (AvgIpc) is 2.95. The molecule has 0 aliphatic rings. The van der Waals surface area contributed by atoms with Crippen LogP contribution >= 0.6 is 23.1 Å². The van der Waals surface area contributed by atoms with Crippen LogP contribution in [0.3, 0.4) is 0 Å². The lowest BCUT2D eigenvalue weighted by atomic mass is 10.1. The van der Waals surface area contributed by atoms with Crippen molar-refractivity contribution in [2.45, 2.75) is 10.7 Å². The number of fused-ring (bicyclic) bond motifs is 1. The zero-order chi connectivity index (χ0) is 16.2. The Kier molecular flexibility index (Phi) is 4.88. The van der Waals surface area contributed by atoms with E-state index in [0.717, 1.165) is 10.2 Å². The van der Waals surface area contributed by atoms with Gasteiger partial charge in [0.25, 0.3) is 5.76 Å². The molecule has 2 aromatic carbocycles. The van der Waals surface area contributed by atoms with E-state index < -0.39 is 5.76 Å². The van der Waals surface area contributed by atoms with Gasteiger partial charge in [-0.15, -0.1) is 0 Å². The molecule has 3 rings (SSSR count). The van der Waals surface area contributed by atoms with Crippen LogP contribution in [0.1, 0.15) is 10.4 Å². The third-order valence-electron chi connectivity index (χ3n) is 3.10. The van der Waals surface area contributed by atoms with Crippen LogP contribution < -0.4 is 5.32 Å². The van der Waals surface area contributed by atoms with Gasteiger partial charge in [-0.1, -0.05) is 47.4 Å². The number of nitrogens with one attached hydrogen (secondary N) is 1. The van der Waals surface area contributed by atoms with Crippen molar-refractivity contribution in [1.29, 1.82) is 0 Å². The van der Waals surface area contributed by atoms with E-state index in [2.05, 4.69) is 10.3 Å². The average molecular weight is 350 g/mol. The summed E-state index contributed by atoms with van der Waals surface area (Å²) >= 11 is 1.95. The van der Waals surface area contributed by atoms with Gasteiger partial charge in [0, 0.05) is 10.5 Å². The molecule has 0 unspecified atom stereocenters. The summed E-state index contributed by atoms with van der Waals surface area (Å²) in [4.78, 5) is 17.0. The Balaban J connectivity index is 1.62. The second kappa shape index (κ2) is 7.06. The molecule has 1 N–H and O–H groups in total. The summed E-state index contributed by atoms with van der Waals surface area (Å²) < 4.78 is 25.6. The van der Waals surface area contributed by atoms with Gasteiger partial charge in [0.15, 0.2) is 10.9 Å². The van der Waals surface area contributed by atoms with E-state index in [9.17, 15) is 13.6 Å². The molecule has 3 nitrogen and oxygen atoms in total. The van der Waals surface area contributed by atoms with Crippen molar-refractivity contribution in [1.82, 2.24) is 4.98 Å². The summed E-state index contributed by atoms with van der Waals surface area (Å²) in [5.74, 6) is -2.57. The number of carbonyl (C=O) groups is 1. The summed E-state index contributed by atoms with van der Waals surface area (Å²) in [6.07, 6.45) is 0. The monoisotopic (exact) mass is 350 g/mol. The van der Waals surface area contributed by atoms with E-state index in [1.54, 1.807) is 12.1 Å². The van der Waals surface area contributed by atoms with Crippen LogP contribution in [0.25, 0.3) is 10.2 Å². The van der Waals surface area contributed by atoms with Gasteiger partial charge in [-0.2, -0.15) is 8.78 Å². The smallest absolute Gasteiger partial charge is 0.288 e. The molecule has 0 radical (unpaired) electrons. The largest absolute Gasteiger partial charge is 0.354 e. The molecule has 0 atom stereocenters. The Bertz CT molecular complexity index is 785. The first-order chi connectivity index (χ1) is 11.1. The molecule has 0 spiro atoms. The zero-order valence-electron chi connectivity index (χ0n) is 11.8. The number of anilines is 1. The summed E-state index contributed by atoms with van der Waals surface area (Å²) in [6.45, 7) is 0.112. The number of alkyl halides is 2. The van der Waals surface area contributed by atoms with Gasteiger partial charge in [0.2, 0.25) is 0 Å². The van der Waals surface area contributed by atoms with Crippen LogP contribution in [-0.4, -0.2) is 23.1 Å². The van der Waals surface area contributed by atoms with Crippen molar-refractivity contribution in [3.05, 3.63) is 54.1 Å². The highest BCUT2D eigenvalue weighted by Crippen LogP contribution is 2.26. The second-order valence-electron chi connectivity index (χ2n) is 4.67. The first-order valence-corrected chi connectivity index (χ1v) is 8.49. The van der Waals surface area contributed by atoms with E-state index >= 15 is 0 Å². The molecular weight excluding hydrogens is 338 g/mol. The van der Waals surface area contributed by atoms with Gasteiger partial charge in [0.05, 0.1) is 16.8 Å². The predicted molar refractivity (Wildman–Crippen MR) is 90.7 cm³/mol. The van der Waals surface area contributed by atoms with Crippen molar-refractivity contribution in [2.75, 3.05) is 11.9 Å². The van der Waals surface area contributed by atoms with E-state index in [1.807, 2.05) is 24.3 Å². The number of rotatable bonds is 6. The standard InChI is InChI=1S/C16H12F2N2OS2/c17-15(18)22-11-7-5-10(6-8-11)13(21)9-19-16-20-12-3-1-2-4-14(12)23-16/h1-8,15H,9H2,(H,19,20). The molecule has 0 aliphatic heterocycles. The molecule has 0 saturated heterocycles. The minimum Gasteiger partial charge on any atom is -0.354 e. The number of thiazole rings is 1. The van der Waals surface area contributed by atoms with Crippen molar-refractivity contribution < 1.29 is 13.6 Å². The molecule has 1 heterocycles. The fraction of sp³-hybridized carbons (Fsp3) is 0.125. The summed E-state index contributed by atoms with van der Waals surface area (Å²) in [6, 6.07) is 13.9. The molecule has 3 aromatic rings. The topological polar surface area (TPSA) is 42.0 Å². The first-order valence-electron chi connectivity index (χ1n) is 6.79. The van der Waals surface area contributed by atoms with Gasteiger partial charge in [-0.3, -0.25) is 4.79 Å². The third kappa shape index (κ3) is 4.05. The van der Waals surface area contributed by atoms with Crippen molar-refractivity contribution in [3.8, 4) is 0 Å². The molecule has 7 heteroatoms. The second-order valence-corrected chi connectivity index (χ2v) is 6.76. The summed E-state index contributed by atoms with van der Waals surface area (Å²) in [7, 11) is 0. The van der Waals surface area contributed by atoms with Gasteiger partial charge < -0.3 is 5.32 Å². The Labute approximate surface area is 139 Å². The molecule has 23 heavy (non-hydrogen) atoms. The van der Waals surface area contributed by atoms with Gasteiger partial charge in [-0.05, 0) is 24.3 Å². The van der Waals surface area contributed by atoms with Crippen molar-refractivity contribution in [3.63, 3.8) is 0 Å². The van der Waals surface area contributed by atoms with Crippen molar-refractivity contribution in [2.24, 2.45) is 0 Å². The van der Waals surface area contributed by atoms with E-state index in [1.165, 1.54) is 23.5 Å². The summed E-state index contributed by atoms with van der Waals surface area (Å²) in [5.41, 5.74) is 1.37. The Hall–Kier alpha value is -1.99. The minimum absolute atomic E-state index is 0.112. The molecular formula is C16H12F2N2OS2. The van der Waals surface area contributed by atoms with Crippen LogP contribution in [0.4, 0.5) is 13.9 Å². The van der Waals surface area contributed by atoms with E-state index in [0.29, 0.717) is 27.4 Å². The van der Waals surface area contributed by atoms with Crippen LogP contribution in [0.5, 0.6) is 0 Å². The molecule has 0 amide bonds. The fourth-order valence-corrected chi connectivity index (χ4v) is 3.39. The Morgan fingerprint density at radius 2 is 1.91 bits per heavy atom. The predicted octanol–water partition coefficient (Wildman–Crippen LogP) is 4.91. The maximum Gasteiger partial charge on any atom is 0.288 e. The number of nitrogens with zero attached hydrogens (tertiary/aromatic N) is 1. The lowest BCUT2D eigenvalue weighted by molar-refractivity contribution is 0.101. The number of thioether (sulfide) groups is 1. The number of hydrogen-bond acceptors (Lipinski definition) is 5. The van der Waals surface area contributed by atoms with Crippen molar-refractivity contribution >= 4 is 44.2 Å². The number of halogens is 2. The Morgan fingerprint density at radius 3 is 2.61 bits per heavy atom. The van der Waals surface area contributed by atoms with Gasteiger partial charge in [0.1, 0.15) is 0 Å². The highest BCUT2D eigenvalue weighted by molar-refractivity contribution is 7.99. The van der Waals surface area contributed by atoms with Crippen LogP contribution in [0, 0.1) is 0 Å². The number of hydrogen-bond donors (Lipinski definition) is 1. The highest BCUT2D eigenvalue weighted by atomic mass is 32.2. The van der Waals surface area contributed by atoms with E-state index in [4.69, 9.17) is 0 Å². The SMILES string of the molecule is O=C(CNc1nc2ccccc2s1)c1ccc(SC(F)F)cc1. The Morgan fingerprint density at radius 1 is 1.17 bits per heavy atom. The molecule has 0 fully saturated rings. The lowest BCUT2D eigenvalue weighted by Gasteiger charge is -2.04. The zero-order valence-corrected chi connectivity index (χ0v) is 13.5. The molecule has 0 bridgehead atoms. The summed E-state index contributed by atoms with van der Waals surface area (Å²) in [5, 5.41) is 3.70. The quantitative estimate of drug-likeness (QED) is 0.507. The number of para-hydroxylation sites is 1. The normalized spacial score (nSPS) is 11.1. The fourth-order valence-electron chi connectivity index (χ4n) is 2.03. The molecule has 0 aliphatic carbocycles. The maximum absolute atomic E-state index is 12.3. The van der Waals surface area contributed by atoms with Crippen LogP contribution in [-0.2, 0) is 0 Å². The van der Waals surface area contributed by atoms with Gasteiger partial charge in [-0.25, -0.2) is 4.98 Å². The van der Waals surface area contributed by atoms with Crippen LogP contribution in [0.2, 0.25) is 0 Å². The molecule has 1 aromatic heterocycles. The van der Waals surface area contributed by atoms with Gasteiger partial charge >= 0.3 is 0 Å². The number of benzene rings is 2. The first kappa shape index (κ1) is 15.9. The number of aromatic nitrogens is 1.